The average molecular weight is 336 g/mol. The first-order chi connectivity index (χ1) is 9.38. The number of quaternary nitrogens is 1. The summed E-state index contributed by atoms with van der Waals surface area (Å²) in [7, 11) is 2.01. The predicted octanol–water partition coefficient (Wildman–Crippen LogP) is 2.12. The van der Waals surface area contributed by atoms with Crippen LogP contribution in [0.1, 0.15) is 13.8 Å². The monoisotopic (exact) mass is 335 g/mol. The molecule has 6 heteroatoms. The molecular weight excluding hydrogens is 315 g/mol. The summed E-state index contributed by atoms with van der Waals surface area (Å²) in [4.78, 5) is 13.8. The van der Waals surface area contributed by atoms with E-state index in [1.807, 2.05) is 27.0 Å². The summed E-state index contributed by atoms with van der Waals surface area (Å²) < 4.78 is 0. The Morgan fingerprint density at radius 3 is 2.75 bits per heavy atom. The van der Waals surface area contributed by atoms with Crippen molar-refractivity contribution in [2.75, 3.05) is 25.9 Å². The summed E-state index contributed by atoms with van der Waals surface area (Å²) >= 11 is 13.7. The van der Waals surface area contributed by atoms with E-state index in [-0.39, 0.29) is 11.9 Å². The molecule has 0 spiro atoms. The molecular formula is C14H21Cl2N2OS+. The van der Waals surface area contributed by atoms with Crippen LogP contribution in [0.5, 0.6) is 0 Å². The molecule has 0 heterocycles. The van der Waals surface area contributed by atoms with Crippen LogP contribution in [0.3, 0.4) is 0 Å². The third-order valence-corrected chi connectivity index (χ3v) is 4.33. The first-order valence-corrected chi connectivity index (χ1v) is 8.31. The smallest absolute Gasteiger partial charge is 0.275 e. The highest BCUT2D eigenvalue weighted by Gasteiger charge is 2.11. The molecule has 0 radical (unpaired) electrons. The topological polar surface area (TPSA) is 33.5 Å². The molecule has 1 amide bonds. The van der Waals surface area contributed by atoms with Gasteiger partial charge in [0.05, 0.1) is 18.6 Å². The van der Waals surface area contributed by atoms with Gasteiger partial charge in [-0.25, -0.2) is 0 Å². The zero-order valence-electron chi connectivity index (χ0n) is 12.0. The first kappa shape index (κ1) is 17.6. The summed E-state index contributed by atoms with van der Waals surface area (Å²) in [5.41, 5.74) is 0. The van der Waals surface area contributed by atoms with Gasteiger partial charge in [-0.05, 0) is 32.0 Å². The second-order valence-electron chi connectivity index (χ2n) is 5.03. The number of halogens is 2. The number of nitrogens with one attached hydrogen (secondary N) is 2. The summed E-state index contributed by atoms with van der Waals surface area (Å²) in [6.07, 6.45) is 0. The van der Waals surface area contributed by atoms with E-state index in [4.69, 9.17) is 23.2 Å². The van der Waals surface area contributed by atoms with Crippen molar-refractivity contribution in [3.63, 3.8) is 0 Å². The SMILES string of the molecule is CC(C)NC(=O)C[NH+](C)CCSc1cc(Cl)ccc1Cl. The van der Waals surface area contributed by atoms with Crippen molar-refractivity contribution in [3.05, 3.63) is 28.2 Å². The summed E-state index contributed by atoms with van der Waals surface area (Å²) in [5, 5.41) is 4.30. The maximum absolute atomic E-state index is 11.6. The van der Waals surface area contributed by atoms with E-state index < -0.39 is 0 Å². The zero-order chi connectivity index (χ0) is 15.1. The minimum Gasteiger partial charge on any atom is -0.349 e. The number of carbonyl (C=O) groups excluding carboxylic acids is 1. The highest BCUT2D eigenvalue weighted by atomic mass is 35.5. The van der Waals surface area contributed by atoms with Crippen molar-refractivity contribution in [3.8, 4) is 0 Å². The van der Waals surface area contributed by atoms with Gasteiger partial charge in [-0.15, -0.1) is 11.8 Å². The van der Waals surface area contributed by atoms with Crippen LogP contribution in [0, 0.1) is 0 Å². The van der Waals surface area contributed by atoms with E-state index in [1.54, 1.807) is 23.9 Å². The lowest BCUT2D eigenvalue weighted by atomic mass is 10.4. The van der Waals surface area contributed by atoms with Gasteiger partial charge in [0.15, 0.2) is 6.54 Å². The van der Waals surface area contributed by atoms with Gasteiger partial charge in [-0.3, -0.25) is 4.79 Å². The van der Waals surface area contributed by atoms with E-state index in [0.29, 0.717) is 11.6 Å². The fourth-order valence-electron chi connectivity index (χ4n) is 1.66. The van der Waals surface area contributed by atoms with Crippen LogP contribution in [0.2, 0.25) is 10.0 Å². The van der Waals surface area contributed by atoms with Crippen LogP contribution in [-0.4, -0.2) is 37.8 Å². The van der Waals surface area contributed by atoms with Gasteiger partial charge in [0, 0.05) is 21.7 Å². The maximum Gasteiger partial charge on any atom is 0.275 e. The molecule has 1 aromatic carbocycles. The molecule has 0 saturated carbocycles. The Labute approximate surface area is 135 Å². The highest BCUT2D eigenvalue weighted by molar-refractivity contribution is 7.99. The Morgan fingerprint density at radius 2 is 2.10 bits per heavy atom. The standard InChI is InChI=1S/C14H20Cl2N2OS/c1-10(2)17-14(19)9-18(3)6-7-20-13-8-11(15)4-5-12(13)16/h4-5,8,10H,6-7,9H2,1-3H3,(H,17,19)/p+1. The van der Waals surface area contributed by atoms with E-state index >= 15 is 0 Å². The van der Waals surface area contributed by atoms with Gasteiger partial charge in [0.1, 0.15) is 0 Å². The molecule has 1 atom stereocenters. The van der Waals surface area contributed by atoms with Crippen LogP contribution >= 0.6 is 35.0 Å². The summed E-state index contributed by atoms with van der Waals surface area (Å²) in [6.45, 7) is 5.30. The van der Waals surface area contributed by atoms with Gasteiger partial charge in [0.25, 0.3) is 5.91 Å². The van der Waals surface area contributed by atoms with Crippen molar-refractivity contribution in [2.24, 2.45) is 0 Å². The lowest BCUT2D eigenvalue weighted by Gasteiger charge is -2.15. The molecule has 0 aliphatic heterocycles. The summed E-state index contributed by atoms with van der Waals surface area (Å²) in [5.74, 6) is 0.976. The molecule has 1 rings (SSSR count). The van der Waals surface area contributed by atoms with Gasteiger partial charge < -0.3 is 10.2 Å². The second-order valence-corrected chi connectivity index (χ2v) is 7.01. The molecule has 0 fully saturated rings. The van der Waals surface area contributed by atoms with Gasteiger partial charge >= 0.3 is 0 Å². The van der Waals surface area contributed by atoms with Crippen LogP contribution < -0.4 is 10.2 Å². The Morgan fingerprint density at radius 1 is 1.40 bits per heavy atom. The van der Waals surface area contributed by atoms with E-state index in [0.717, 1.165) is 22.2 Å². The van der Waals surface area contributed by atoms with Crippen LogP contribution in [0.25, 0.3) is 0 Å². The number of hydrogen-bond donors (Lipinski definition) is 2. The lowest BCUT2D eigenvalue weighted by Crippen LogP contribution is -3.10. The Bertz CT molecular complexity index is 455. The minimum absolute atomic E-state index is 0.0864. The number of rotatable bonds is 7. The van der Waals surface area contributed by atoms with E-state index in [9.17, 15) is 4.79 Å². The van der Waals surface area contributed by atoms with Gasteiger partial charge in [-0.1, -0.05) is 23.2 Å². The molecule has 0 bridgehead atoms. The Kier molecular flexibility index (Phi) is 7.74. The zero-order valence-corrected chi connectivity index (χ0v) is 14.3. The molecule has 112 valence electrons. The Hall–Kier alpha value is -0.420. The number of likely N-dealkylation sites (N-methyl/N-ethyl adjacent to an activating group) is 1. The number of thioether (sulfide) groups is 1. The van der Waals surface area contributed by atoms with Crippen molar-refractivity contribution in [1.82, 2.24) is 5.32 Å². The molecule has 3 nitrogen and oxygen atoms in total. The van der Waals surface area contributed by atoms with Crippen molar-refractivity contribution in [1.29, 1.82) is 0 Å². The molecule has 2 N–H and O–H groups in total. The van der Waals surface area contributed by atoms with Gasteiger partial charge in [-0.2, -0.15) is 0 Å². The second kappa shape index (κ2) is 8.78. The first-order valence-electron chi connectivity index (χ1n) is 6.57. The molecule has 0 aromatic heterocycles. The van der Waals surface area contributed by atoms with Crippen molar-refractivity contribution in [2.45, 2.75) is 24.8 Å². The fourth-order valence-corrected chi connectivity index (χ4v) is 3.26. The molecule has 1 aromatic rings. The van der Waals surface area contributed by atoms with Crippen LogP contribution in [0.15, 0.2) is 23.1 Å². The third-order valence-electron chi connectivity index (χ3n) is 2.59. The van der Waals surface area contributed by atoms with E-state index in [1.165, 1.54) is 4.90 Å². The highest BCUT2D eigenvalue weighted by Crippen LogP contribution is 2.29. The summed E-state index contributed by atoms with van der Waals surface area (Å²) in [6, 6.07) is 5.64. The fraction of sp³-hybridized carbons (Fsp3) is 0.500. The number of carbonyl (C=O) groups is 1. The minimum atomic E-state index is 0.0864. The molecule has 0 saturated heterocycles. The molecule has 0 aliphatic rings. The third kappa shape index (κ3) is 6.84. The lowest BCUT2D eigenvalue weighted by molar-refractivity contribution is -0.868. The normalized spacial score (nSPS) is 12.5. The van der Waals surface area contributed by atoms with Gasteiger partial charge in [0.2, 0.25) is 0 Å². The van der Waals surface area contributed by atoms with Crippen LogP contribution in [0.4, 0.5) is 0 Å². The molecule has 1 unspecified atom stereocenters. The quantitative estimate of drug-likeness (QED) is 0.748. The number of amides is 1. The van der Waals surface area contributed by atoms with Crippen molar-refractivity contribution >= 4 is 40.9 Å². The van der Waals surface area contributed by atoms with E-state index in [2.05, 4.69) is 5.32 Å². The number of benzene rings is 1. The van der Waals surface area contributed by atoms with Crippen LogP contribution in [-0.2, 0) is 4.79 Å². The maximum atomic E-state index is 11.6. The molecule has 0 aliphatic carbocycles. The largest absolute Gasteiger partial charge is 0.349 e. The number of hydrogen-bond acceptors (Lipinski definition) is 2. The van der Waals surface area contributed by atoms with Crippen molar-refractivity contribution < 1.29 is 9.69 Å². The molecule has 20 heavy (non-hydrogen) atoms. The predicted molar refractivity (Wildman–Crippen MR) is 87.1 cm³/mol. The Balaban J connectivity index is 2.33. The average Bonchev–Trinajstić information content (AvgIpc) is 2.32.